The minimum Gasteiger partial charge on any atom is -0.259 e. The van der Waals surface area contributed by atoms with Gasteiger partial charge in [-0.25, -0.2) is 0 Å². The standard InChI is InChI=1S/C20H16NS/c1-3-9-17(10-4-1)15-21-19-13-7-8-14-20(19)22-16-18-11-5-2-6-12-18/h1-7,9-15H,16H2. The van der Waals surface area contributed by atoms with Crippen LogP contribution >= 0.6 is 11.8 Å². The van der Waals surface area contributed by atoms with Crippen molar-refractivity contribution in [2.75, 3.05) is 0 Å². The first-order chi connectivity index (χ1) is 10.9. The Morgan fingerprint density at radius 3 is 2.45 bits per heavy atom. The van der Waals surface area contributed by atoms with Gasteiger partial charge in [0.15, 0.2) is 0 Å². The summed E-state index contributed by atoms with van der Waals surface area (Å²) >= 11 is 1.79. The fraction of sp³-hybridized carbons (Fsp3) is 0.0500. The van der Waals surface area contributed by atoms with E-state index in [1.807, 2.05) is 48.7 Å². The quantitative estimate of drug-likeness (QED) is 0.547. The smallest absolute Gasteiger partial charge is 0.108 e. The first kappa shape index (κ1) is 14.6. The van der Waals surface area contributed by atoms with Gasteiger partial charge < -0.3 is 0 Å². The van der Waals surface area contributed by atoms with Gasteiger partial charge in [0.2, 0.25) is 0 Å². The van der Waals surface area contributed by atoms with E-state index in [2.05, 4.69) is 47.1 Å². The van der Waals surface area contributed by atoms with Crippen molar-refractivity contribution in [3.63, 3.8) is 0 Å². The van der Waals surface area contributed by atoms with E-state index in [-0.39, 0.29) is 0 Å². The number of hydrogen-bond donors (Lipinski definition) is 0. The van der Waals surface area contributed by atoms with Crippen LogP contribution in [-0.2, 0) is 5.75 Å². The van der Waals surface area contributed by atoms with E-state index in [0.717, 1.165) is 22.3 Å². The Labute approximate surface area is 135 Å². The van der Waals surface area contributed by atoms with Crippen LogP contribution in [0.1, 0.15) is 11.1 Å². The highest BCUT2D eigenvalue weighted by Gasteiger charge is 2.13. The summed E-state index contributed by atoms with van der Waals surface area (Å²) in [5.74, 6) is 0.937. The second-order valence-electron chi connectivity index (χ2n) is 4.84. The highest BCUT2D eigenvalue weighted by atomic mass is 32.2. The lowest BCUT2D eigenvalue weighted by Crippen LogP contribution is -1.96. The van der Waals surface area contributed by atoms with Gasteiger partial charge in [-0.15, -0.1) is 17.5 Å². The molecule has 0 atom stereocenters. The van der Waals surface area contributed by atoms with E-state index in [0.29, 0.717) is 0 Å². The van der Waals surface area contributed by atoms with Crippen LogP contribution in [0, 0.1) is 5.25 Å². The minimum atomic E-state index is 0.937. The van der Waals surface area contributed by atoms with Gasteiger partial charge in [0, 0.05) is 12.0 Å². The SMILES string of the molecule is C1=CC=C(N=Cc2ccccc2)[C](SCc2ccccc2)C=1. The van der Waals surface area contributed by atoms with Crippen molar-refractivity contribution in [2.45, 2.75) is 5.75 Å². The number of nitrogens with zero attached hydrogens (tertiary/aromatic N) is 1. The zero-order chi connectivity index (χ0) is 15.0. The maximum atomic E-state index is 4.62. The van der Waals surface area contributed by atoms with Gasteiger partial charge in [-0.05, 0) is 29.4 Å². The summed E-state index contributed by atoms with van der Waals surface area (Å²) in [7, 11) is 0. The number of allylic oxidation sites excluding steroid dienone is 1. The molecule has 0 saturated carbocycles. The Morgan fingerprint density at radius 1 is 0.955 bits per heavy atom. The number of benzene rings is 2. The monoisotopic (exact) mass is 302 g/mol. The zero-order valence-corrected chi connectivity index (χ0v) is 13.0. The van der Waals surface area contributed by atoms with Crippen LogP contribution in [0.5, 0.6) is 0 Å². The molecule has 1 radical (unpaired) electrons. The normalized spacial score (nSPS) is 14.5. The number of aliphatic imine (C=N–C) groups is 1. The molecule has 2 aromatic rings. The molecule has 22 heavy (non-hydrogen) atoms. The average molecular weight is 302 g/mol. The molecular formula is C20H16NS. The predicted molar refractivity (Wildman–Crippen MR) is 95.8 cm³/mol. The van der Waals surface area contributed by atoms with Crippen LogP contribution in [0.4, 0.5) is 0 Å². The Hall–Kier alpha value is -2.28. The van der Waals surface area contributed by atoms with Gasteiger partial charge in [0.25, 0.3) is 0 Å². The molecule has 0 aliphatic heterocycles. The number of hydrogen-bond acceptors (Lipinski definition) is 2. The van der Waals surface area contributed by atoms with Crippen molar-refractivity contribution in [1.29, 1.82) is 0 Å². The molecular weight excluding hydrogens is 286 g/mol. The third-order valence-electron chi connectivity index (χ3n) is 3.19. The van der Waals surface area contributed by atoms with Crippen molar-refractivity contribution in [1.82, 2.24) is 0 Å². The van der Waals surface area contributed by atoms with Crippen LogP contribution in [0.25, 0.3) is 0 Å². The lowest BCUT2D eigenvalue weighted by Gasteiger charge is -2.13. The third kappa shape index (κ3) is 4.11. The van der Waals surface area contributed by atoms with Gasteiger partial charge in [-0.3, -0.25) is 4.99 Å². The van der Waals surface area contributed by atoms with Crippen LogP contribution in [-0.4, -0.2) is 6.21 Å². The summed E-state index contributed by atoms with van der Waals surface area (Å²) in [5.41, 5.74) is 6.55. The summed E-state index contributed by atoms with van der Waals surface area (Å²) in [6.45, 7) is 0. The molecule has 3 rings (SSSR count). The molecule has 1 aliphatic carbocycles. The second-order valence-corrected chi connectivity index (χ2v) is 5.85. The molecule has 0 fully saturated rings. The fourth-order valence-corrected chi connectivity index (χ4v) is 2.98. The molecule has 2 aromatic carbocycles. The van der Waals surface area contributed by atoms with Gasteiger partial charge in [0.05, 0.1) is 5.70 Å². The lowest BCUT2D eigenvalue weighted by molar-refractivity contribution is 1.30. The molecule has 0 saturated heterocycles. The summed E-state index contributed by atoms with van der Waals surface area (Å²) in [5, 5.41) is 1.15. The van der Waals surface area contributed by atoms with Crippen molar-refractivity contribution in [2.24, 2.45) is 4.99 Å². The summed E-state index contributed by atoms with van der Waals surface area (Å²) in [4.78, 5) is 4.62. The molecule has 0 spiro atoms. The van der Waals surface area contributed by atoms with Gasteiger partial charge >= 0.3 is 0 Å². The molecule has 1 aliphatic rings. The van der Waals surface area contributed by atoms with Crippen LogP contribution in [0.3, 0.4) is 0 Å². The number of rotatable bonds is 5. The van der Waals surface area contributed by atoms with E-state index in [4.69, 9.17) is 0 Å². The highest BCUT2D eigenvalue weighted by Crippen LogP contribution is 2.33. The molecule has 0 N–H and O–H groups in total. The summed E-state index contributed by atoms with van der Waals surface area (Å²) < 4.78 is 0. The number of thioether (sulfide) groups is 1. The van der Waals surface area contributed by atoms with Crippen LogP contribution in [0.2, 0.25) is 0 Å². The Kier molecular flexibility index (Phi) is 5.09. The average Bonchev–Trinajstić information content (AvgIpc) is 2.61. The molecule has 2 heteroatoms. The lowest BCUT2D eigenvalue weighted by atomic mass is 10.2. The fourth-order valence-electron chi connectivity index (χ4n) is 2.05. The largest absolute Gasteiger partial charge is 0.259 e. The minimum absolute atomic E-state index is 0.937. The Morgan fingerprint density at radius 2 is 1.68 bits per heavy atom. The topological polar surface area (TPSA) is 12.4 Å². The van der Waals surface area contributed by atoms with Crippen molar-refractivity contribution >= 4 is 18.0 Å². The Balaban J connectivity index is 1.66. The molecule has 0 bridgehead atoms. The molecule has 107 valence electrons. The van der Waals surface area contributed by atoms with Gasteiger partial charge in [0.1, 0.15) is 5.25 Å². The maximum absolute atomic E-state index is 4.62. The van der Waals surface area contributed by atoms with E-state index in [1.54, 1.807) is 11.8 Å². The van der Waals surface area contributed by atoms with Crippen molar-refractivity contribution in [3.8, 4) is 0 Å². The Bertz CT molecular complexity index is 723. The highest BCUT2D eigenvalue weighted by molar-refractivity contribution is 8.01. The van der Waals surface area contributed by atoms with E-state index < -0.39 is 0 Å². The third-order valence-corrected chi connectivity index (χ3v) is 4.31. The zero-order valence-electron chi connectivity index (χ0n) is 12.1. The van der Waals surface area contributed by atoms with E-state index in [1.165, 1.54) is 5.56 Å². The molecule has 1 nitrogen and oxygen atoms in total. The maximum Gasteiger partial charge on any atom is 0.108 e. The first-order valence-corrected chi connectivity index (χ1v) is 8.16. The summed E-state index contributed by atoms with van der Waals surface area (Å²) in [6.07, 6.45) is 7.82. The van der Waals surface area contributed by atoms with E-state index >= 15 is 0 Å². The van der Waals surface area contributed by atoms with Crippen LogP contribution < -0.4 is 0 Å². The molecule has 0 aromatic heterocycles. The molecule has 0 unspecified atom stereocenters. The molecule has 0 heterocycles. The van der Waals surface area contributed by atoms with Gasteiger partial charge in [-0.2, -0.15) is 0 Å². The van der Waals surface area contributed by atoms with Gasteiger partial charge in [-0.1, -0.05) is 60.7 Å². The summed E-state index contributed by atoms with van der Waals surface area (Å²) in [6, 6.07) is 20.6. The van der Waals surface area contributed by atoms with Crippen molar-refractivity contribution < 1.29 is 0 Å². The second kappa shape index (κ2) is 7.65. The van der Waals surface area contributed by atoms with Crippen LogP contribution in [0.15, 0.2) is 95.3 Å². The van der Waals surface area contributed by atoms with Crippen molar-refractivity contribution in [3.05, 3.63) is 107 Å². The van der Waals surface area contributed by atoms with E-state index in [9.17, 15) is 0 Å². The predicted octanol–water partition coefficient (Wildman–Crippen LogP) is 5.18. The molecule has 0 amide bonds. The first-order valence-electron chi connectivity index (χ1n) is 7.18.